The molecule has 41 heavy (non-hydrogen) atoms. The van der Waals surface area contributed by atoms with Gasteiger partial charge in [0.05, 0.1) is 23.1 Å². The number of hydrogen-bond acceptors (Lipinski definition) is 6. The molecule has 0 aliphatic rings. The summed E-state index contributed by atoms with van der Waals surface area (Å²) in [7, 11) is 0. The Labute approximate surface area is 234 Å². The fourth-order valence-electron chi connectivity index (χ4n) is 5.10. The first kappa shape index (κ1) is 24.6. The second-order valence-corrected chi connectivity index (χ2v) is 9.89. The minimum absolute atomic E-state index is 0.142. The summed E-state index contributed by atoms with van der Waals surface area (Å²) in [5, 5.41) is 22.6. The maximum absolute atomic E-state index is 14.0. The van der Waals surface area contributed by atoms with E-state index in [1.165, 1.54) is 17.7 Å². The van der Waals surface area contributed by atoms with Gasteiger partial charge in [0.1, 0.15) is 11.6 Å². The van der Waals surface area contributed by atoms with Gasteiger partial charge < -0.3 is 15.4 Å². The highest BCUT2D eigenvalue weighted by atomic mass is 19.1. The lowest BCUT2D eigenvalue weighted by molar-refractivity contribution is 0.469. The molecule has 7 aromatic rings. The number of rotatable bonds is 7. The normalized spacial score (nSPS) is 11.4. The number of aromatic nitrogens is 6. The number of nitrogens with one attached hydrogen (secondary N) is 3. The third-order valence-electron chi connectivity index (χ3n) is 7.05. The van der Waals surface area contributed by atoms with Crippen molar-refractivity contribution in [1.82, 2.24) is 35.5 Å². The predicted octanol–water partition coefficient (Wildman–Crippen LogP) is 6.36. The number of fused-ring (bicyclic) bond motifs is 2. The number of H-pyrrole nitrogens is 2. The first-order valence-corrected chi connectivity index (χ1v) is 13.1. The average molecular weight is 542 g/mol. The van der Waals surface area contributed by atoms with E-state index in [0.29, 0.717) is 23.3 Å². The van der Waals surface area contributed by atoms with Crippen LogP contribution < -0.4 is 5.32 Å². The topological polar surface area (TPSA) is 115 Å². The summed E-state index contributed by atoms with van der Waals surface area (Å²) < 4.78 is 14.0. The highest BCUT2D eigenvalue weighted by molar-refractivity contribution is 6.00. The number of aromatic hydroxyl groups is 1. The average Bonchev–Trinajstić information content (AvgIpc) is 3.61. The third kappa shape index (κ3) is 4.90. The van der Waals surface area contributed by atoms with Crippen LogP contribution in [0.1, 0.15) is 11.1 Å². The van der Waals surface area contributed by atoms with E-state index in [9.17, 15) is 9.50 Å². The van der Waals surface area contributed by atoms with E-state index < -0.39 is 5.82 Å². The summed E-state index contributed by atoms with van der Waals surface area (Å²) in [6, 6.07) is 20.4. The van der Waals surface area contributed by atoms with E-state index in [2.05, 4.69) is 59.7 Å². The Morgan fingerprint density at radius 3 is 2.46 bits per heavy atom. The molecule has 9 heteroatoms. The smallest absolute Gasteiger partial charge is 0.181 e. The Balaban J connectivity index is 1.21. The third-order valence-corrected chi connectivity index (χ3v) is 7.05. The highest BCUT2D eigenvalue weighted by Crippen LogP contribution is 2.35. The van der Waals surface area contributed by atoms with Gasteiger partial charge in [0.2, 0.25) is 0 Å². The zero-order valence-electron chi connectivity index (χ0n) is 21.8. The van der Waals surface area contributed by atoms with E-state index in [0.717, 1.165) is 57.0 Å². The van der Waals surface area contributed by atoms with E-state index in [-0.39, 0.29) is 5.75 Å². The van der Waals surface area contributed by atoms with E-state index in [4.69, 9.17) is 0 Å². The van der Waals surface area contributed by atoms with Crippen LogP contribution in [0.3, 0.4) is 0 Å². The monoisotopic (exact) mass is 541 g/mol. The molecule has 0 aliphatic carbocycles. The van der Waals surface area contributed by atoms with Crippen molar-refractivity contribution in [1.29, 1.82) is 0 Å². The molecule has 0 amide bonds. The fraction of sp³-hybridized carbons (Fsp3) is 0.0625. The second-order valence-electron chi connectivity index (χ2n) is 9.89. The molecule has 0 saturated heterocycles. The predicted molar refractivity (Wildman–Crippen MR) is 156 cm³/mol. The number of nitrogens with zero attached hydrogens (tertiary/aromatic N) is 4. The van der Waals surface area contributed by atoms with E-state index in [1.54, 1.807) is 18.6 Å². The van der Waals surface area contributed by atoms with E-state index in [1.807, 2.05) is 36.7 Å². The Morgan fingerprint density at radius 1 is 0.756 bits per heavy atom. The molecule has 5 heterocycles. The second kappa shape index (κ2) is 10.3. The van der Waals surface area contributed by atoms with Crippen molar-refractivity contribution < 1.29 is 9.50 Å². The summed E-state index contributed by atoms with van der Waals surface area (Å²) in [5.41, 5.74) is 8.34. The Hall–Kier alpha value is -5.41. The quantitative estimate of drug-likeness (QED) is 0.187. The van der Waals surface area contributed by atoms with Gasteiger partial charge in [-0.3, -0.25) is 15.1 Å². The number of pyridine rings is 3. The molecule has 0 saturated carbocycles. The molecule has 4 N–H and O–H groups in total. The molecular weight excluding hydrogens is 517 g/mol. The number of aromatic amines is 2. The lowest BCUT2D eigenvalue weighted by Crippen LogP contribution is -2.12. The number of phenols is 1. The zero-order valence-corrected chi connectivity index (χ0v) is 21.8. The maximum atomic E-state index is 14.0. The maximum Gasteiger partial charge on any atom is 0.181 e. The standard InChI is InChI=1S/C32H24FN7O/c33-24-7-21(8-25(41)10-24)28-17-36-18-30-26(28)11-29(38-30)31-27-9-23(16-37-32(27)40-39-31)22-6-20(14-35-15-22)13-34-12-19-4-2-1-3-5-19/h1-11,14-18,34,38,41H,12-13H2,(H,37,39,40). The van der Waals surface area contributed by atoms with Crippen LogP contribution in [0, 0.1) is 5.82 Å². The Morgan fingerprint density at radius 2 is 1.59 bits per heavy atom. The van der Waals surface area contributed by atoms with Crippen LogP contribution >= 0.6 is 0 Å². The van der Waals surface area contributed by atoms with Crippen molar-refractivity contribution in [2.75, 3.05) is 0 Å². The van der Waals surface area contributed by atoms with Gasteiger partial charge in [0.15, 0.2) is 5.65 Å². The molecule has 200 valence electrons. The molecule has 7 rings (SSSR count). The van der Waals surface area contributed by atoms with Crippen LogP contribution in [0.2, 0.25) is 0 Å². The Bertz CT molecular complexity index is 2000. The summed E-state index contributed by atoms with van der Waals surface area (Å²) >= 11 is 0. The Kier molecular flexibility index (Phi) is 6.18. The zero-order chi connectivity index (χ0) is 27.8. The van der Waals surface area contributed by atoms with Crippen LogP contribution in [0.25, 0.3) is 55.6 Å². The lowest BCUT2D eigenvalue weighted by atomic mass is 10.0. The first-order chi connectivity index (χ1) is 20.1. The largest absolute Gasteiger partial charge is 0.508 e. The van der Waals surface area contributed by atoms with Crippen LogP contribution in [-0.2, 0) is 13.1 Å². The molecule has 0 atom stereocenters. The summed E-state index contributed by atoms with van der Waals surface area (Å²) in [6.07, 6.45) is 8.87. The van der Waals surface area contributed by atoms with Gasteiger partial charge in [-0.15, -0.1) is 0 Å². The summed E-state index contributed by atoms with van der Waals surface area (Å²) in [5.74, 6) is -0.659. The molecule has 0 radical (unpaired) electrons. The number of phenolic OH excluding ortho intramolecular Hbond substituents is 1. The van der Waals surface area contributed by atoms with Crippen molar-refractivity contribution in [2.45, 2.75) is 13.1 Å². The summed E-state index contributed by atoms with van der Waals surface area (Å²) in [4.78, 5) is 16.8. The summed E-state index contributed by atoms with van der Waals surface area (Å²) in [6.45, 7) is 1.47. The van der Waals surface area contributed by atoms with Crippen LogP contribution in [0.4, 0.5) is 4.39 Å². The van der Waals surface area contributed by atoms with Crippen LogP contribution in [0.15, 0.2) is 97.7 Å². The number of hydrogen-bond donors (Lipinski definition) is 4. The van der Waals surface area contributed by atoms with Gasteiger partial charge in [-0.2, -0.15) is 5.10 Å². The lowest BCUT2D eigenvalue weighted by Gasteiger charge is -2.07. The SMILES string of the molecule is Oc1cc(F)cc(-c2cncc3[nH]c(-c4[nH]nc5ncc(-c6cncc(CNCc7ccccc7)c6)cc45)cc23)c1. The van der Waals surface area contributed by atoms with Crippen molar-refractivity contribution in [2.24, 2.45) is 0 Å². The fourth-order valence-corrected chi connectivity index (χ4v) is 5.10. The minimum Gasteiger partial charge on any atom is -0.508 e. The molecule has 2 aromatic carbocycles. The molecule has 0 spiro atoms. The van der Waals surface area contributed by atoms with Crippen molar-refractivity contribution in [3.63, 3.8) is 0 Å². The molecule has 5 aromatic heterocycles. The van der Waals surface area contributed by atoms with Gasteiger partial charge in [0, 0.05) is 71.4 Å². The van der Waals surface area contributed by atoms with Gasteiger partial charge in [0.25, 0.3) is 0 Å². The van der Waals surface area contributed by atoms with Crippen LogP contribution in [0.5, 0.6) is 5.75 Å². The molecule has 0 unspecified atom stereocenters. The molecule has 0 bridgehead atoms. The van der Waals surface area contributed by atoms with Crippen molar-refractivity contribution >= 4 is 21.9 Å². The molecule has 0 fully saturated rings. The highest BCUT2D eigenvalue weighted by Gasteiger charge is 2.16. The molecule has 8 nitrogen and oxygen atoms in total. The number of halogens is 1. The van der Waals surface area contributed by atoms with Gasteiger partial charge in [-0.1, -0.05) is 30.3 Å². The van der Waals surface area contributed by atoms with Crippen molar-refractivity contribution in [3.8, 4) is 39.4 Å². The van der Waals surface area contributed by atoms with Crippen LogP contribution in [-0.4, -0.2) is 35.2 Å². The number of benzene rings is 2. The molecular formula is C32H24FN7O. The van der Waals surface area contributed by atoms with Gasteiger partial charge in [-0.05, 0) is 47.0 Å². The van der Waals surface area contributed by atoms with Gasteiger partial charge >= 0.3 is 0 Å². The van der Waals surface area contributed by atoms with Gasteiger partial charge in [-0.25, -0.2) is 9.37 Å². The van der Waals surface area contributed by atoms with E-state index >= 15 is 0 Å². The minimum atomic E-state index is -0.517. The first-order valence-electron chi connectivity index (χ1n) is 13.1. The molecule has 0 aliphatic heterocycles. The van der Waals surface area contributed by atoms with Crippen molar-refractivity contribution in [3.05, 3.63) is 115 Å².